The fraction of sp³-hybridized carbons (Fsp3) is 0.571. The molecule has 0 bridgehead atoms. The van der Waals surface area contributed by atoms with Crippen molar-refractivity contribution in [3.05, 3.63) is 33.8 Å². The minimum atomic E-state index is 0.184. The van der Waals surface area contributed by atoms with E-state index in [0.717, 1.165) is 24.6 Å². The van der Waals surface area contributed by atoms with Gasteiger partial charge in [-0.15, -0.1) is 0 Å². The highest BCUT2D eigenvalue weighted by Gasteiger charge is 2.25. The molecule has 1 aliphatic heterocycles. The van der Waals surface area contributed by atoms with E-state index >= 15 is 0 Å². The summed E-state index contributed by atoms with van der Waals surface area (Å²) < 4.78 is 0. The molecule has 0 spiro atoms. The molecule has 2 N–H and O–H groups in total. The highest BCUT2D eigenvalue weighted by Crippen LogP contribution is 2.34. The number of halogens is 2. The monoisotopic (exact) mass is 286 g/mol. The third kappa shape index (κ3) is 3.00. The third-order valence-corrected chi connectivity index (χ3v) is 4.66. The Labute approximate surface area is 119 Å². The van der Waals surface area contributed by atoms with Gasteiger partial charge in [-0.3, -0.25) is 4.90 Å². The topological polar surface area (TPSA) is 29.3 Å². The Bertz CT molecular complexity index is 401. The summed E-state index contributed by atoms with van der Waals surface area (Å²) in [6.07, 6.45) is 2.46. The Morgan fingerprint density at radius 3 is 2.61 bits per heavy atom. The number of benzene rings is 1. The molecule has 0 unspecified atom stereocenters. The van der Waals surface area contributed by atoms with E-state index < -0.39 is 0 Å². The number of hydrogen-bond acceptors (Lipinski definition) is 2. The molecule has 0 amide bonds. The molecule has 0 radical (unpaired) electrons. The Morgan fingerprint density at radius 1 is 1.33 bits per heavy atom. The van der Waals surface area contributed by atoms with Gasteiger partial charge < -0.3 is 5.73 Å². The fourth-order valence-corrected chi connectivity index (χ4v) is 3.02. The first-order valence-electron chi connectivity index (χ1n) is 6.51. The molecule has 1 aliphatic rings. The van der Waals surface area contributed by atoms with Crippen molar-refractivity contribution >= 4 is 23.2 Å². The van der Waals surface area contributed by atoms with E-state index in [1.165, 1.54) is 12.8 Å². The molecular weight excluding hydrogens is 267 g/mol. The summed E-state index contributed by atoms with van der Waals surface area (Å²) in [5.74, 6) is 0.814. The van der Waals surface area contributed by atoms with Crippen molar-refractivity contribution in [3.63, 3.8) is 0 Å². The lowest BCUT2D eigenvalue weighted by atomic mass is 9.96. The van der Waals surface area contributed by atoms with Gasteiger partial charge in [0.15, 0.2) is 0 Å². The Kier molecular flexibility index (Phi) is 4.91. The number of hydrogen-bond donors (Lipinski definition) is 1. The van der Waals surface area contributed by atoms with E-state index in [9.17, 15) is 0 Å². The van der Waals surface area contributed by atoms with Crippen LogP contribution in [-0.2, 0) is 0 Å². The van der Waals surface area contributed by atoms with Gasteiger partial charge in [-0.1, -0.05) is 42.3 Å². The number of rotatable bonds is 3. The van der Waals surface area contributed by atoms with E-state index in [1.54, 1.807) is 0 Å². The molecule has 1 atom stereocenters. The van der Waals surface area contributed by atoms with Crippen molar-refractivity contribution in [2.75, 3.05) is 19.6 Å². The summed E-state index contributed by atoms with van der Waals surface area (Å²) in [6, 6.07) is 5.98. The summed E-state index contributed by atoms with van der Waals surface area (Å²) in [6.45, 7) is 5.06. The smallest absolute Gasteiger partial charge is 0.0640 e. The summed E-state index contributed by atoms with van der Waals surface area (Å²) in [7, 11) is 0. The highest BCUT2D eigenvalue weighted by atomic mass is 35.5. The number of piperidine rings is 1. The highest BCUT2D eigenvalue weighted by molar-refractivity contribution is 6.42. The molecule has 100 valence electrons. The van der Waals surface area contributed by atoms with Crippen LogP contribution in [-0.4, -0.2) is 24.5 Å². The minimum Gasteiger partial charge on any atom is -0.329 e. The van der Waals surface area contributed by atoms with Crippen LogP contribution in [0.3, 0.4) is 0 Å². The fourth-order valence-electron chi connectivity index (χ4n) is 2.59. The second-order valence-electron chi connectivity index (χ2n) is 5.11. The van der Waals surface area contributed by atoms with Crippen LogP contribution in [0.15, 0.2) is 18.2 Å². The van der Waals surface area contributed by atoms with Crippen molar-refractivity contribution in [1.82, 2.24) is 4.90 Å². The van der Waals surface area contributed by atoms with Crippen LogP contribution < -0.4 is 5.73 Å². The molecule has 4 heteroatoms. The second kappa shape index (κ2) is 6.25. The number of nitrogens with two attached hydrogens (primary N) is 1. The maximum atomic E-state index is 6.30. The predicted molar refractivity (Wildman–Crippen MR) is 78.2 cm³/mol. The van der Waals surface area contributed by atoms with Crippen LogP contribution in [0, 0.1) is 5.92 Å². The first kappa shape index (κ1) is 14.1. The molecule has 1 saturated heterocycles. The summed E-state index contributed by atoms with van der Waals surface area (Å²) in [5, 5.41) is 1.26. The van der Waals surface area contributed by atoms with Gasteiger partial charge in [-0.05, 0) is 43.5 Å². The minimum absolute atomic E-state index is 0.184. The van der Waals surface area contributed by atoms with E-state index in [1.807, 2.05) is 18.2 Å². The van der Waals surface area contributed by atoms with Gasteiger partial charge >= 0.3 is 0 Å². The molecule has 2 nitrogen and oxygen atoms in total. The van der Waals surface area contributed by atoms with Crippen molar-refractivity contribution in [2.24, 2.45) is 11.7 Å². The summed E-state index contributed by atoms with van der Waals surface area (Å²) in [5.41, 5.74) is 7.00. The zero-order valence-electron chi connectivity index (χ0n) is 10.7. The first-order valence-corrected chi connectivity index (χ1v) is 7.27. The Morgan fingerprint density at radius 2 is 2.00 bits per heavy atom. The summed E-state index contributed by atoms with van der Waals surface area (Å²) >= 11 is 12.4. The number of nitrogens with zero attached hydrogens (tertiary/aromatic N) is 1. The molecule has 2 rings (SSSR count). The molecule has 0 aliphatic carbocycles. The van der Waals surface area contributed by atoms with Crippen LogP contribution in [0.5, 0.6) is 0 Å². The van der Waals surface area contributed by atoms with Crippen LogP contribution in [0.2, 0.25) is 10.0 Å². The van der Waals surface area contributed by atoms with Crippen molar-refractivity contribution in [2.45, 2.75) is 25.8 Å². The maximum Gasteiger partial charge on any atom is 0.0640 e. The number of likely N-dealkylation sites (tertiary alicyclic amines) is 1. The molecule has 1 heterocycles. The predicted octanol–water partition coefficient (Wildman–Crippen LogP) is 3.73. The standard InChI is InChI=1S/C14H20Cl2N2/c1-10-5-7-18(8-6-10)13(9-17)11-3-2-4-12(15)14(11)16/h2-4,10,13H,5-9,17H2,1H3/t13-/m1/s1. The zero-order chi connectivity index (χ0) is 13.1. The van der Waals surface area contributed by atoms with Gasteiger partial charge in [0.1, 0.15) is 0 Å². The van der Waals surface area contributed by atoms with E-state index in [-0.39, 0.29) is 6.04 Å². The molecule has 0 saturated carbocycles. The first-order chi connectivity index (χ1) is 8.63. The normalized spacial score (nSPS) is 20.0. The molecule has 1 aromatic carbocycles. The van der Waals surface area contributed by atoms with E-state index in [2.05, 4.69) is 11.8 Å². The molecule has 0 aromatic heterocycles. The molecule has 1 fully saturated rings. The van der Waals surface area contributed by atoms with Crippen LogP contribution in [0.1, 0.15) is 31.4 Å². The Balaban J connectivity index is 2.20. The lowest BCUT2D eigenvalue weighted by molar-refractivity contribution is 0.141. The molecular formula is C14H20Cl2N2. The average molecular weight is 287 g/mol. The van der Waals surface area contributed by atoms with Gasteiger partial charge in [0.25, 0.3) is 0 Å². The van der Waals surface area contributed by atoms with Crippen molar-refractivity contribution < 1.29 is 0 Å². The van der Waals surface area contributed by atoms with E-state index in [4.69, 9.17) is 28.9 Å². The van der Waals surface area contributed by atoms with Crippen molar-refractivity contribution in [3.8, 4) is 0 Å². The molecule has 1 aromatic rings. The van der Waals surface area contributed by atoms with Gasteiger partial charge in [0.2, 0.25) is 0 Å². The third-order valence-electron chi connectivity index (χ3n) is 3.82. The largest absolute Gasteiger partial charge is 0.329 e. The van der Waals surface area contributed by atoms with Crippen LogP contribution in [0.4, 0.5) is 0 Å². The lowest BCUT2D eigenvalue weighted by Crippen LogP contribution is -2.39. The lowest BCUT2D eigenvalue weighted by Gasteiger charge is -2.36. The quantitative estimate of drug-likeness (QED) is 0.918. The Hall–Kier alpha value is -0.280. The van der Waals surface area contributed by atoms with Gasteiger partial charge in [-0.25, -0.2) is 0 Å². The van der Waals surface area contributed by atoms with Gasteiger partial charge in [0.05, 0.1) is 10.0 Å². The zero-order valence-corrected chi connectivity index (χ0v) is 12.2. The van der Waals surface area contributed by atoms with Crippen molar-refractivity contribution in [1.29, 1.82) is 0 Å². The average Bonchev–Trinajstić information content (AvgIpc) is 2.37. The second-order valence-corrected chi connectivity index (χ2v) is 5.90. The van der Waals surface area contributed by atoms with Crippen LogP contribution in [0.25, 0.3) is 0 Å². The van der Waals surface area contributed by atoms with Crippen LogP contribution >= 0.6 is 23.2 Å². The van der Waals surface area contributed by atoms with E-state index in [0.29, 0.717) is 16.6 Å². The maximum absolute atomic E-state index is 6.30. The summed E-state index contributed by atoms with van der Waals surface area (Å²) in [4.78, 5) is 2.43. The van der Waals surface area contributed by atoms with Gasteiger partial charge in [0, 0.05) is 12.6 Å². The molecule has 18 heavy (non-hydrogen) atoms. The SMILES string of the molecule is CC1CCN([C@H](CN)c2cccc(Cl)c2Cl)CC1. The van der Waals surface area contributed by atoms with Gasteiger partial charge in [-0.2, -0.15) is 0 Å².